The Hall–Kier alpha value is -2.77. The second-order valence-electron chi connectivity index (χ2n) is 6.10. The normalized spacial score (nSPS) is 16.7. The Morgan fingerprint density at radius 3 is 2.59 bits per heavy atom. The molecule has 1 aliphatic heterocycles. The molecule has 0 unspecified atom stereocenters. The van der Waals surface area contributed by atoms with E-state index in [1.165, 1.54) is 11.8 Å². The zero-order chi connectivity index (χ0) is 20.6. The molecule has 1 aliphatic rings. The van der Waals surface area contributed by atoms with Crippen LogP contribution in [0.25, 0.3) is 6.08 Å². The highest BCUT2D eigenvalue weighted by Gasteiger charge is 2.33. The molecule has 0 N–H and O–H groups in total. The number of para-hydroxylation sites is 1. The average Bonchev–Trinajstić information content (AvgIpc) is 3.03. The van der Waals surface area contributed by atoms with Crippen molar-refractivity contribution in [2.24, 2.45) is 4.99 Å². The summed E-state index contributed by atoms with van der Waals surface area (Å²) in [6, 6.07) is 15.1. The molecule has 29 heavy (non-hydrogen) atoms. The molecule has 2 aromatic rings. The molecular weight excluding hydrogens is 388 g/mol. The lowest BCUT2D eigenvalue weighted by atomic mass is 10.1. The molecule has 0 spiro atoms. The fourth-order valence-corrected chi connectivity index (χ4v) is 3.80. The molecule has 0 atom stereocenters. The van der Waals surface area contributed by atoms with Crippen molar-refractivity contribution in [2.45, 2.75) is 6.92 Å². The molecule has 3 rings (SSSR count). The van der Waals surface area contributed by atoms with Gasteiger partial charge >= 0.3 is 0 Å². The van der Waals surface area contributed by atoms with E-state index in [-0.39, 0.29) is 5.91 Å². The zero-order valence-electron chi connectivity index (χ0n) is 16.8. The second kappa shape index (κ2) is 10.1. The van der Waals surface area contributed by atoms with E-state index in [2.05, 4.69) is 4.99 Å². The van der Waals surface area contributed by atoms with Crippen LogP contribution in [0, 0.1) is 0 Å². The smallest absolute Gasteiger partial charge is 0.266 e. The van der Waals surface area contributed by atoms with Crippen LogP contribution < -0.4 is 9.47 Å². The third-order valence-corrected chi connectivity index (χ3v) is 5.27. The van der Waals surface area contributed by atoms with Gasteiger partial charge in [0.05, 0.1) is 38.0 Å². The second-order valence-corrected chi connectivity index (χ2v) is 7.11. The Morgan fingerprint density at radius 2 is 1.90 bits per heavy atom. The van der Waals surface area contributed by atoms with Crippen LogP contribution >= 0.6 is 11.8 Å². The van der Waals surface area contributed by atoms with E-state index in [0.717, 1.165) is 11.3 Å². The van der Waals surface area contributed by atoms with Crippen molar-refractivity contribution in [2.75, 3.05) is 34.0 Å². The summed E-state index contributed by atoms with van der Waals surface area (Å²) in [5, 5.41) is 0.639. The van der Waals surface area contributed by atoms with Crippen LogP contribution in [0.15, 0.2) is 58.4 Å². The summed E-state index contributed by atoms with van der Waals surface area (Å²) in [6.45, 7) is 3.44. The lowest BCUT2D eigenvalue weighted by molar-refractivity contribution is -0.122. The SMILES string of the molecule is CCOCCN1C(=O)/C(=C/c2ccc(OC)cc2OC)SC1=Nc1ccccc1. The number of thioether (sulfide) groups is 1. The first kappa shape index (κ1) is 21.0. The van der Waals surface area contributed by atoms with Crippen LogP contribution in [0.3, 0.4) is 0 Å². The number of ether oxygens (including phenoxy) is 3. The van der Waals surface area contributed by atoms with Crippen molar-refractivity contribution < 1.29 is 19.0 Å². The van der Waals surface area contributed by atoms with Crippen molar-refractivity contribution in [1.29, 1.82) is 0 Å². The highest BCUT2D eigenvalue weighted by atomic mass is 32.2. The Balaban J connectivity index is 1.93. The monoisotopic (exact) mass is 412 g/mol. The summed E-state index contributed by atoms with van der Waals surface area (Å²) in [6.07, 6.45) is 1.83. The van der Waals surface area contributed by atoms with Gasteiger partial charge in [0.15, 0.2) is 5.17 Å². The Labute approximate surface area is 175 Å². The van der Waals surface area contributed by atoms with Gasteiger partial charge in [0.1, 0.15) is 11.5 Å². The van der Waals surface area contributed by atoms with Gasteiger partial charge in [0.2, 0.25) is 0 Å². The van der Waals surface area contributed by atoms with Gasteiger partial charge in [-0.2, -0.15) is 0 Å². The maximum Gasteiger partial charge on any atom is 0.266 e. The summed E-state index contributed by atoms with van der Waals surface area (Å²) in [7, 11) is 3.20. The molecule has 0 aromatic heterocycles. The van der Waals surface area contributed by atoms with Gasteiger partial charge in [-0.15, -0.1) is 0 Å². The molecule has 7 heteroatoms. The molecule has 1 fully saturated rings. The Morgan fingerprint density at radius 1 is 1.10 bits per heavy atom. The maximum absolute atomic E-state index is 13.1. The summed E-state index contributed by atoms with van der Waals surface area (Å²) in [5.74, 6) is 1.24. The number of aliphatic imine (C=N–C) groups is 1. The molecule has 0 saturated carbocycles. The van der Waals surface area contributed by atoms with E-state index in [1.54, 1.807) is 25.2 Å². The van der Waals surface area contributed by atoms with Gasteiger partial charge in [0.25, 0.3) is 5.91 Å². The minimum Gasteiger partial charge on any atom is -0.497 e. The van der Waals surface area contributed by atoms with Gasteiger partial charge < -0.3 is 14.2 Å². The molecule has 1 heterocycles. The summed E-state index contributed by atoms with van der Waals surface area (Å²) in [4.78, 5) is 20.0. The number of amidine groups is 1. The third kappa shape index (κ3) is 5.19. The number of carbonyl (C=O) groups excluding carboxylic acids is 1. The Kier molecular flexibility index (Phi) is 7.32. The molecular formula is C22H24N2O4S. The van der Waals surface area contributed by atoms with E-state index in [1.807, 2.05) is 55.5 Å². The number of carbonyl (C=O) groups is 1. The highest BCUT2D eigenvalue weighted by molar-refractivity contribution is 8.18. The fourth-order valence-electron chi connectivity index (χ4n) is 2.78. The highest BCUT2D eigenvalue weighted by Crippen LogP contribution is 2.36. The standard InChI is InChI=1S/C22H24N2O4S/c1-4-28-13-12-24-21(25)20(29-22(24)23-17-8-6-5-7-9-17)14-16-10-11-18(26-2)15-19(16)27-3/h5-11,14-15H,4,12-13H2,1-3H3/b20-14-,23-22?. The van der Waals surface area contributed by atoms with Crippen LogP contribution in [0.2, 0.25) is 0 Å². The van der Waals surface area contributed by atoms with Gasteiger partial charge in [-0.05, 0) is 49.0 Å². The summed E-state index contributed by atoms with van der Waals surface area (Å²) in [5.41, 5.74) is 1.60. The average molecular weight is 413 g/mol. The first-order chi connectivity index (χ1) is 14.2. The van der Waals surface area contributed by atoms with Gasteiger partial charge in [0, 0.05) is 18.2 Å². The number of rotatable bonds is 8. The number of nitrogens with zero attached hydrogens (tertiary/aromatic N) is 2. The first-order valence-electron chi connectivity index (χ1n) is 9.31. The maximum atomic E-state index is 13.1. The van der Waals surface area contributed by atoms with E-state index in [9.17, 15) is 4.79 Å². The molecule has 0 bridgehead atoms. The fraction of sp³-hybridized carbons (Fsp3) is 0.273. The van der Waals surface area contributed by atoms with Crippen LogP contribution in [-0.4, -0.2) is 50.0 Å². The van der Waals surface area contributed by atoms with Crippen molar-refractivity contribution in [1.82, 2.24) is 4.90 Å². The minimum absolute atomic E-state index is 0.0951. The van der Waals surface area contributed by atoms with E-state index in [0.29, 0.717) is 41.3 Å². The zero-order valence-corrected chi connectivity index (χ0v) is 17.6. The van der Waals surface area contributed by atoms with Crippen molar-refractivity contribution >= 4 is 34.6 Å². The molecule has 0 aliphatic carbocycles. The number of benzene rings is 2. The van der Waals surface area contributed by atoms with E-state index >= 15 is 0 Å². The molecule has 6 nitrogen and oxygen atoms in total. The molecule has 0 radical (unpaired) electrons. The minimum atomic E-state index is -0.0951. The summed E-state index contributed by atoms with van der Waals surface area (Å²) >= 11 is 1.35. The topological polar surface area (TPSA) is 60.4 Å². The largest absolute Gasteiger partial charge is 0.497 e. The van der Waals surface area contributed by atoms with Crippen molar-refractivity contribution in [3.63, 3.8) is 0 Å². The number of hydrogen-bond donors (Lipinski definition) is 0. The third-order valence-electron chi connectivity index (χ3n) is 4.26. The molecule has 2 aromatic carbocycles. The van der Waals surface area contributed by atoms with Crippen molar-refractivity contribution in [3.05, 3.63) is 59.0 Å². The van der Waals surface area contributed by atoms with E-state index in [4.69, 9.17) is 14.2 Å². The van der Waals surface area contributed by atoms with Crippen LogP contribution in [0.4, 0.5) is 5.69 Å². The molecule has 152 valence electrons. The van der Waals surface area contributed by atoms with Crippen LogP contribution in [0.5, 0.6) is 11.5 Å². The van der Waals surface area contributed by atoms with Gasteiger partial charge in [-0.1, -0.05) is 18.2 Å². The van der Waals surface area contributed by atoms with Crippen molar-refractivity contribution in [3.8, 4) is 11.5 Å². The number of hydrogen-bond acceptors (Lipinski definition) is 6. The lowest BCUT2D eigenvalue weighted by Crippen LogP contribution is -2.32. The first-order valence-corrected chi connectivity index (χ1v) is 10.1. The quantitative estimate of drug-likeness (QED) is 0.477. The van der Waals surface area contributed by atoms with Crippen LogP contribution in [0.1, 0.15) is 12.5 Å². The van der Waals surface area contributed by atoms with Crippen LogP contribution in [-0.2, 0) is 9.53 Å². The number of methoxy groups -OCH3 is 2. The molecule has 1 amide bonds. The summed E-state index contributed by atoms with van der Waals surface area (Å²) < 4.78 is 16.1. The molecule has 1 saturated heterocycles. The van der Waals surface area contributed by atoms with Gasteiger partial charge in [-0.25, -0.2) is 4.99 Å². The Bertz CT molecular complexity index is 912. The predicted octanol–water partition coefficient (Wildman–Crippen LogP) is 4.34. The number of amides is 1. The van der Waals surface area contributed by atoms with E-state index < -0.39 is 0 Å². The lowest BCUT2D eigenvalue weighted by Gasteiger charge is -2.15. The van der Waals surface area contributed by atoms with Gasteiger partial charge in [-0.3, -0.25) is 9.69 Å². The predicted molar refractivity (Wildman–Crippen MR) is 117 cm³/mol.